The summed E-state index contributed by atoms with van der Waals surface area (Å²) in [6.45, 7) is 11.0. The average molecular weight is 317 g/mol. The van der Waals surface area contributed by atoms with Crippen LogP contribution >= 0.6 is 45.6 Å². The fraction of sp³-hybridized carbons (Fsp3) is 0.500. The van der Waals surface area contributed by atoms with Gasteiger partial charge in [-0.05, 0) is 18.1 Å². The Morgan fingerprint density at radius 3 is 2.17 bits per heavy atom. The lowest BCUT2D eigenvalue weighted by Crippen LogP contribution is -2.04. The lowest BCUT2D eigenvalue weighted by Gasteiger charge is -2.17. The maximum atomic E-state index is 5.42. The SMILES string of the molecule is CC(C)C(=S)Sc1ccccc1SSC(C)(C)C. The van der Waals surface area contributed by atoms with Gasteiger partial charge in [0.25, 0.3) is 0 Å². The van der Waals surface area contributed by atoms with Crippen molar-refractivity contribution in [2.24, 2.45) is 5.92 Å². The lowest BCUT2D eigenvalue weighted by atomic mass is 10.3. The van der Waals surface area contributed by atoms with E-state index < -0.39 is 0 Å². The second-order valence-electron chi connectivity index (χ2n) is 5.30. The van der Waals surface area contributed by atoms with Gasteiger partial charge in [0.2, 0.25) is 0 Å². The minimum absolute atomic E-state index is 0.265. The van der Waals surface area contributed by atoms with Crippen molar-refractivity contribution < 1.29 is 0 Å². The Balaban J connectivity index is 2.77. The van der Waals surface area contributed by atoms with E-state index in [4.69, 9.17) is 12.2 Å². The van der Waals surface area contributed by atoms with Crippen molar-refractivity contribution in [1.82, 2.24) is 0 Å². The Hall–Kier alpha value is 0.360. The molecule has 1 rings (SSSR count). The highest BCUT2D eigenvalue weighted by molar-refractivity contribution is 8.77. The van der Waals surface area contributed by atoms with Crippen LogP contribution < -0.4 is 0 Å². The normalized spacial score (nSPS) is 11.9. The molecule has 0 spiro atoms. The number of thioether (sulfide) groups is 1. The van der Waals surface area contributed by atoms with Crippen molar-refractivity contribution in [3.63, 3.8) is 0 Å². The van der Waals surface area contributed by atoms with E-state index in [2.05, 4.69) is 58.9 Å². The van der Waals surface area contributed by atoms with Crippen LogP contribution in [-0.4, -0.2) is 8.94 Å². The highest BCUT2D eigenvalue weighted by Gasteiger charge is 2.14. The van der Waals surface area contributed by atoms with Gasteiger partial charge in [0.15, 0.2) is 0 Å². The summed E-state index contributed by atoms with van der Waals surface area (Å²) in [4.78, 5) is 2.59. The first-order valence-electron chi connectivity index (χ1n) is 5.96. The van der Waals surface area contributed by atoms with Gasteiger partial charge in [0, 0.05) is 14.5 Å². The molecule has 0 amide bonds. The Labute approximate surface area is 128 Å². The minimum Gasteiger partial charge on any atom is -0.0829 e. The maximum absolute atomic E-state index is 5.42. The zero-order valence-corrected chi connectivity index (χ0v) is 14.8. The largest absolute Gasteiger partial charge is 0.0829 e. The van der Waals surface area contributed by atoms with Gasteiger partial charge in [-0.3, -0.25) is 0 Å². The van der Waals surface area contributed by atoms with Crippen LogP contribution in [0.25, 0.3) is 0 Å². The van der Waals surface area contributed by atoms with Gasteiger partial charge in [0.05, 0.1) is 4.20 Å². The predicted molar refractivity (Wildman–Crippen MR) is 92.9 cm³/mol. The first kappa shape index (κ1) is 16.4. The summed E-state index contributed by atoms with van der Waals surface area (Å²) in [6, 6.07) is 8.50. The van der Waals surface area contributed by atoms with E-state index in [1.807, 2.05) is 21.6 Å². The standard InChI is InChI=1S/C14H20S4/c1-10(2)13(15)16-11-8-6-7-9-12(11)17-18-14(3,4)5/h6-10H,1-5H3. The smallest absolute Gasteiger partial charge is 0.0552 e. The Morgan fingerprint density at radius 1 is 1.11 bits per heavy atom. The molecule has 0 radical (unpaired) electrons. The average Bonchev–Trinajstić information content (AvgIpc) is 2.26. The third-order valence-corrected chi connectivity index (χ3v) is 7.42. The van der Waals surface area contributed by atoms with Gasteiger partial charge < -0.3 is 0 Å². The first-order valence-corrected chi connectivity index (χ1v) is 9.33. The van der Waals surface area contributed by atoms with Crippen LogP contribution in [0.3, 0.4) is 0 Å². The van der Waals surface area contributed by atoms with Gasteiger partial charge in [-0.25, -0.2) is 0 Å². The van der Waals surface area contributed by atoms with Gasteiger partial charge >= 0.3 is 0 Å². The highest BCUT2D eigenvalue weighted by Crippen LogP contribution is 2.44. The van der Waals surface area contributed by atoms with Gasteiger partial charge in [-0.15, -0.1) is 0 Å². The van der Waals surface area contributed by atoms with Crippen molar-refractivity contribution in [2.45, 2.75) is 49.2 Å². The fourth-order valence-electron chi connectivity index (χ4n) is 0.999. The van der Waals surface area contributed by atoms with Gasteiger partial charge in [-0.1, -0.05) is 92.3 Å². The van der Waals surface area contributed by atoms with Crippen LogP contribution in [0.4, 0.5) is 0 Å². The molecule has 0 nitrogen and oxygen atoms in total. The second kappa shape index (κ2) is 7.22. The van der Waals surface area contributed by atoms with Crippen LogP contribution in [0.1, 0.15) is 34.6 Å². The number of hydrogen-bond donors (Lipinski definition) is 0. The summed E-state index contributed by atoms with van der Waals surface area (Å²) in [7, 11) is 3.74. The van der Waals surface area contributed by atoms with Crippen molar-refractivity contribution in [3.05, 3.63) is 24.3 Å². The summed E-state index contributed by atoms with van der Waals surface area (Å²) in [5, 5.41) is 0. The minimum atomic E-state index is 0.265. The Morgan fingerprint density at radius 2 is 1.67 bits per heavy atom. The third-order valence-electron chi connectivity index (χ3n) is 1.91. The number of benzene rings is 1. The molecule has 0 saturated heterocycles. The molecule has 0 bridgehead atoms. The molecule has 0 aromatic heterocycles. The van der Waals surface area contributed by atoms with E-state index in [-0.39, 0.29) is 4.75 Å². The summed E-state index contributed by atoms with van der Waals surface area (Å²) >= 11 is 7.15. The molecular weight excluding hydrogens is 296 g/mol. The summed E-state index contributed by atoms with van der Waals surface area (Å²) in [6.07, 6.45) is 0. The first-order chi connectivity index (χ1) is 8.29. The fourth-order valence-corrected chi connectivity index (χ4v) is 4.52. The van der Waals surface area contributed by atoms with Crippen molar-refractivity contribution in [2.75, 3.05) is 0 Å². The van der Waals surface area contributed by atoms with E-state index in [0.717, 1.165) is 4.20 Å². The topological polar surface area (TPSA) is 0 Å². The molecule has 0 fully saturated rings. The number of hydrogen-bond acceptors (Lipinski definition) is 4. The molecular formula is C14H20S4. The van der Waals surface area contributed by atoms with Crippen LogP contribution in [0.5, 0.6) is 0 Å². The number of thiocarbonyl (C=S) groups is 1. The molecule has 0 saturated carbocycles. The molecule has 0 heterocycles. The quantitative estimate of drug-likeness (QED) is 0.363. The summed E-state index contributed by atoms with van der Waals surface area (Å²) in [5.41, 5.74) is 0. The monoisotopic (exact) mass is 316 g/mol. The van der Waals surface area contributed by atoms with E-state index in [9.17, 15) is 0 Å². The summed E-state index contributed by atoms with van der Waals surface area (Å²) in [5.74, 6) is 0.443. The van der Waals surface area contributed by atoms with E-state index in [0.29, 0.717) is 5.92 Å². The zero-order chi connectivity index (χ0) is 13.8. The van der Waals surface area contributed by atoms with E-state index in [1.54, 1.807) is 11.8 Å². The highest BCUT2D eigenvalue weighted by atomic mass is 33.1. The molecule has 0 aliphatic rings. The van der Waals surface area contributed by atoms with E-state index >= 15 is 0 Å². The van der Waals surface area contributed by atoms with Gasteiger partial charge in [0.1, 0.15) is 0 Å². The molecule has 4 heteroatoms. The molecule has 1 aromatic rings. The van der Waals surface area contributed by atoms with Gasteiger partial charge in [-0.2, -0.15) is 0 Å². The Kier molecular flexibility index (Phi) is 6.59. The molecule has 100 valence electrons. The molecule has 0 N–H and O–H groups in total. The molecule has 0 aliphatic carbocycles. The molecule has 18 heavy (non-hydrogen) atoms. The zero-order valence-electron chi connectivity index (χ0n) is 11.5. The maximum Gasteiger partial charge on any atom is 0.0552 e. The van der Waals surface area contributed by atoms with Crippen LogP contribution in [0.2, 0.25) is 0 Å². The Bertz CT molecular complexity index is 405. The van der Waals surface area contributed by atoms with Crippen molar-refractivity contribution in [1.29, 1.82) is 0 Å². The number of rotatable bonds is 4. The third kappa shape index (κ3) is 6.00. The molecule has 1 aromatic carbocycles. The van der Waals surface area contributed by atoms with Crippen LogP contribution in [0, 0.1) is 5.92 Å². The van der Waals surface area contributed by atoms with Crippen LogP contribution in [0.15, 0.2) is 34.1 Å². The van der Waals surface area contributed by atoms with E-state index in [1.165, 1.54) is 9.79 Å². The second-order valence-corrected chi connectivity index (χ2v) is 10.1. The molecule has 0 aliphatic heterocycles. The van der Waals surface area contributed by atoms with Crippen LogP contribution in [-0.2, 0) is 0 Å². The summed E-state index contributed by atoms with van der Waals surface area (Å²) < 4.78 is 1.32. The molecule has 0 atom stereocenters. The van der Waals surface area contributed by atoms with Crippen molar-refractivity contribution >= 4 is 49.8 Å². The predicted octanol–water partition coefficient (Wildman–Crippen LogP) is 6.30. The van der Waals surface area contributed by atoms with Crippen molar-refractivity contribution in [3.8, 4) is 0 Å². The molecule has 0 unspecified atom stereocenters. The lowest BCUT2D eigenvalue weighted by molar-refractivity contribution is 0.810.